The van der Waals surface area contributed by atoms with Gasteiger partial charge < -0.3 is 9.80 Å². The van der Waals surface area contributed by atoms with Crippen molar-refractivity contribution in [3.63, 3.8) is 0 Å². The minimum Gasteiger partial charge on any atom is -0.335 e. The Hall–Kier alpha value is -1.91. The highest BCUT2D eigenvalue weighted by molar-refractivity contribution is 5.94. The molecule has 0 radical (unpaired) electrons. The topological polar surface area (TPSA) is 53.5 Å². The molecule has 1 aromatic rings. The number of fused-ring (bicyclic) bond motifs is 1. The molecule has 2 amide bonds. The van der Waals surface area contributed by atoms with E-state index >= 15 is 0 Å². The Kier molecular flexibility index (Phi) is 4.13. The first-order valence-electron chi connectivity index (χ1n) is 8.46. The molecule has 3 rings (SSSR count). The third kappa shape index (κ3) is 2.62. The van der Waals surface area contributed by atoms with E-state index in [1.807, 2.05) is 28.9 Å². The Morgan fingerprint density at radius 1 is 1.30 bits per heavy atom. The molecule has 1 aromatic heterocycles. The molecule has 0 aromatic carbocycles. The number of likely N-dealkylation sites (tertiary alicyclic amines) is 2. The lowest BCUT2D eigenvalue weighted by Gasteiger charge is -2.56. The van der Waals surface area contributed by atoms with E-state index in [1.165, 1.54) is 0 Å². The largest absolute Gasteiger partial charge is 0.335 e. The van der Waals surface area contributed by atoms with Crippen LogP contribution in [-0.4, -0.2) is 51.3 Å². The molecule has 23 heavy (non-hydrogen) atoms. The molecule has 2 saturated heterocycles. The lowest BCUT2D eigenvalue weighted by Crippen LogP contribution is -2.68. The van der Waals surface area contributed by atoms with Crippen molar-refractivity contribution in [2.24, 2.45) is 0 Å². The maximum atomic E-state index is 13.1. The Balaban J connectivity index is 1.93. The molecule has 2 aliphatic heterocycles. The van der Waals surface area contributed by atoms with Gasteiger partial charge >= 0.3 is 0 Å². The standard InChI is InChI=1S/C18H25N3O2/c1-13-7-4-10-19-16(13)17(23)20-11-6-9-18(3)15(20)8-5-12-21(18)14(2)22/h4,7,10,15H,5-6,8-9,11-12H2,1-3H3/t15-,18-/m0/s1. The minimum absolute atomic E-state index is 0.00410. The number of aryl methyl sites for hydroxylation is 1. The zero-order valence-corrected chi connectivity index (χ0v) is 14.2. The van der Waals surface area contributed by atoms with Gasteiger partial charge in [-0.2, -0.15) is 0 Å². The number of carbonyl (C=O) groups is 2. The van der Waals surface area contributed by atoms with Crippen molar-refractivity contribution >= 4 is 11.8 Å². The Labute approximate surface area is 137 Å². The van der Waals surface area contributed by atoms with Gasteiger partial charge in [0.15, 0.2) is 0 Å². The van der Waals surface area contributed by atoms with E-state index < -0.39 is 0 Å². The van der Waals surface area contributed by atoms with Crippen molar-refractivity contribution < 1.29 is 9.59 Å². The average Bonchev–Trinajstić information content (AvgIpc) is 2.52. The quantitative estimate of drug-likeness (QED) is 0.799. The summed E-state index contributed by atoms with van der Waals surface area (Å²) in [6, 6.07) is 3.86. The van der Waals surface area contributed by atoms with Crippen LogP contribution in [0.1, 0.15) is 55.6 Å². The van der Waals surface area contributed by atoms with Crippen molar-refractivity contribution in [3.8, 4) is 0 Å². The van der Waals surface area contributed by atoms with Gasteiger partial charge in [-0.25, -0.2) is 0 Å². The zero-order chi connectivity index (χ0) is 16.6. The van der Waals surface area contributed by atoms with E-state index in [2.05, 4.69) is 11.9 Å². The Morgan fingerprint density at radius 3 is 2.78 bits per heavy atom. The van der Waals surface area contributed by atoms with Gasteiger partial charge in [-0.15, -0.1) is 0 Å². The van der Waals surface area contributed by atoms with E-state index in [9.17, 15) is 9.59 Å². The molecule has 0 bridgehead atoms. The first-order valence-corrected chi connectivity index (χ1v) is 8.46. The molecule has 5 heteroatoms. The molecular formula is C18H25N3O2. The van der Waals surface area contributed by atoms with Gasteiger partial charge in [0, 0.05) is 26.2 Å². The van der Waals surface area contributed by atoms with Gasteiger partial charge in [0.2, 0.25) is 5.91 Å². The third-order valence-corrected chi connectivity index (χ3v) is 5.50. The Morgan fingerprint density at radius 2 is 2.09 bits per heavy atom. The fourth-order valence-electron chi connectivity index (χ4n) is 4.35. The van der Waals surface area contributed by atoms with Crippen molar-refractivity contribution in [2.75, 3.05) is 13.1 Å². The van der Waals surface area contributed by atoms with Gasteiger partial charge in [0.25, 0.3) is 5.91 Å². The van der Waals surface area contributed by atoms with Crippen LogP contribution < -0.4 is 0 Å². The van der Waals surface area contributed by atoms with Crippen LogP contribution >= 0.6 is 0 Å². The second-order valence-electron chi connectivity index (χ2n) is 6.96. The molecule has 2 aliphatic rings. The van der Waals surface area contributed by atoms with Crippen molar-refractivity contribution in [1.29, 1.82) is 0 Å². The molecule has 0 aliphatic carbocycles. The van der Waals surface area contributed by atoms with E-state index in [4.69, 9.17) is 0 Å². The molecule has 2 fully saturated rings. The van der Waals surface area contributed by atoms with Gasteiger partial charge in [-0.1, -0.05) is 6.07 Å². The number of aromatic nitrogens is 1. The van der Waals surface area contributed by atoms with Crippen LogP contribution in [-0.2, 0) is 4.79 Å². The van der Waals surface area contributed by atoms with Crippen LogP contribution in [0.3, 0.4) is 0 Å². The predicted octanol–water partition coefficient (Wildman–Crippen LogP) is 2.40. The van der Waals surface area contributed by atoms with Gasteiger partial charge in [0.1, 0.15) is 5.69 Å². The number of carbonyl (C=O) groups excluding carboxylic acids is 2. The smallest absolute Gasteiger partial charge is 0.273 e. The summed E-state index contributed by atoms with van der Waals surface area (Å²) in [7, 11) is 0. The summed E-state index contributed by atoms with van der Waals surface area (Å²) in [6.45, 7) is 7.25. The SMILES string of the molecule is CC(=O)N1CCC[C@@H]2N(C(=O)c3ncccc3C)CCC[C@@]21C. The molecular weight excluding hydrogens is 290 g/mol. The van der Waals surface area contributed by atoms with Crippen LogP contribution in [0.25, 0.3) is 0 Å². The van der Waals surface area contributed by atoms with Crippen molar-refractivity contribution in [1.82, 2.24) is 14.8 Å². The van der Waals surface area contributed by atoms with Crippen LogP contribution in [0.5, 0.6) is 0 Å². The summed E-state index contributed by atoms with van der Waals surface area (Å²) >= 11 is 0. The number of rotatable bonds is 1. The average molecular weight is 315 g/mol. The van der Waals surface area contributed by atoms with E-state index in [1.54, 1.807) is 13.1 Å². The van der Waals surface area contributed by atoms with E-state index in [0.29, 0.717) is 5.69 Å². The first kappa shape index (κ1) is 16.0. The van der Waals surface area contributed by atoms with Gasteiger partial charge in [-0.05, 0) is 51.2 Å². The number of nitrogens with zero attached hydrogens (tertiary/aromatic N) is 3. The summed E-state index contributed by atoms with van der Waals surface area (Å²) in [5.41, 5.74) is 1.20. The summed E-state index contributed by atoms with van der Waals surface area (Å²) in [4.78, 5) is 33.4. The van der Waals surface area contributed by atoms with Crippen LogP contribution in [0, 0.1) is 6.92 Å². The maximum absolute atomic E-state index is 13.1. The molecule has 3 heterocycles. The number of amides is 2. The van der Waals surface area contributed by atoms with Gasteiger partial charge in [-0.3, -0.25) is 14.6 Å². The third-order valence-electron chi connectivity index (χ3n) is 5.50. The van der Waals surface area contributed by atoms with Crippen molar-refractivity contribution in [3.05, 3.63) is 29.6 Å². The second-order valence-corrected chi connectivity index (χ2v) is 6.96. The van der Waals surface area contributed by atoms with Crippen LogP contribution in [0.2, 0.25) is 0 Å². The first-order chi connectivity index (χ1) is 10.9. The highest BCUT2D eigenvalue weighted by Gasteiger charge is 2.49. The normalized spacial score (nSPS) is 27.5. The molecule has 0 saturated carbocycles. The highest BCUT2D eigenvalue weighted by Crippen LogP contribution is 2.39. The van der Waals surface area contributed by atoms with Crippen molar-refractivity contribution in [2.45, 2.75) is 58.0 Å². The summed E-state index contributed by atoms with van der Waals surface area (Å²) < 4.78 is 0. The van der Waals surface area contributed by atoms with Gasteiger partial charge in [0.05, 0.1) is 11.6 Å². The number of hydrogen-bond acceptors (Lipinski definition) is 3. The fourth-order valence-corrected chi connectivity index (χ4v) is 4.35. The predicted molar refractivity (Wildman–Crippen MR) is 88.1 cm³/mol. The highest BCUT2D eigenvalue weighted by atomic mass is 16.2. The maximum Gasteiger partial charge on any atom is 0.273 e. The molecule has 0 unspecified atom stereocenters. The number of pyridine rings is 1. The summed E-state index contributed by atoms with van der Waals surface area (Å²) in [6.07, 6.45) is 5.46. The minimum atomic E-state index is -0.249. The lowest BCUT2D eigenvalue weighted by atomic mass is 9.76. The second kappa shape index (κ2) is 5.95. The van der Waals surface area contributed by atoms with E-state index in [-0.39, 0.29) is 23.4 Å². The molecule has 5 nitrogen and oxygen atoms in total. The van der Waals surface area contributed by atoms with E-state index in [0.717, 1.165) is 44.3 Å². The van der Waals surface area contributed by atoms with Crippen LogP contribution in [0.15, 0.2) is 18.3 Å². The fraction of sp³-hybridized carbons (Fsp3) is 0.611. The summed E-state index contributed by atoms with van der Waals surface area (Å²) in [5.74, 6) is 0.116. The monoisotopic (exact) mass is 315 g/mol. The molecule has 124 valence electrons. The number of piperidine rings is 2. The zero-order valence-electron chi connectivity index (χ0n) is 14.2. The number of hydrogen-bond donors (Lipinski definition) is 0. The lowest BCUT2D eigenvalue weighted by molar-refractivity contribution is -0.143. The molecule has 2 atom stereocenters. The van der Waals surface area contributed by atoms with Crippen LogP contribution in [0.4, 0.5) is 0 Å². The molecule has 0 spiro atoms. The summed E-state index contributed by atoms with van der Waals surface area (Å²) in [5, 5.41) is 0. The molecule has 0 N–H and O–H groups in total. The Bertz CT molecular complexity index is 630.